The van der Waals surface area contributed by atoms with Gasteiger partial charge >= 0.3 is 0 Å². The van der Waals surface area contributed by atoms with Crippen molar-refractivity contribution in [2.24, 2.45) is 0 Å². The number of benzene rings is 1. The van der Waals surface area contributed by atoms with Crippen LogP contribution in [0.25, 0.3) is 5.65 Å². The van der Waals surface area contributed by atoms with E-state index >= 15 is 0 Å². The molecule has 0 saturated carbocycles. The van der Waals surface area contributed by atoms with Crippen molar-refractivity contribution in [3.63, 3.8) is 0 Å². The van der Waals surface area contributed by atoms with Crippen molar-refractivity contribution in [2.75, 3.05) is 5.32 Å². The van der Waals surface area contributed by atoms with Crippen molar-refractivity contribution in [3.8, 4) is 0 Å². The number of nitrogens with one attached hydrogen (secondary N) is 1. The first kappa shape index (κ1) is 16.5. The molecular formula is C16H11BrFN5S2. The van der Waals surface area contributed by atoms with Crippen LogP contribution in [0, 0.1) is 5.82 Å². The molecule has 1 N–H and O–H groups in total. The number of fused-ring (bicyclic) bond motifs is 1. The van der Waals surface area contributed by atoms with E-state index in [1.165, 1.54) is 17.4 Å². The van der Waals surface area contributed by atoms with Crippen molar-refractivity contribution < 1.29 is 4.39 Å². The Bertz CT molecular complexity index is 1030. The highest BCUT2D eigenvalue weighted by molar-refractivity contribution is 9.10. The normalized spacial score (nSPS) is 11.1. The van der Waals surface area contributed by atoms with Crippen molar-refractivity contribution >= 4 is 55.5 Å². The Morgan fingerprint density at radius 3 is 2.92 bits per heavy atom. The topological polar surface area (TPSA) is 55.1 Å². The van der Waals surface area contributed by atoms with Gasteiger partial charge in [-0.3, -0.25) is 0 Å². The number of para-hydroxylation sites is 1. The fraction of sp³-hybridized carbons (Fsp3) is 0.0625. The van der Waals surface area contributed by atoms with E-state index < -0.39 is 0 Å². The van der Waals surface area contributed by atoms with E-state index in [2.05, 4.69) is 36.4 Å². The zero-order valence-corrected chi connectivity index (χ0v) is 15.9. The van der Waals surface area contributed by atoms with Gasteiger partial charge in [-0.1, -0.05) is 35.2 Å². The SMILES string of the molecule is Fc1ccccc1Nc1nnc(SCc2cn3cc(Br)ccc3n2)s1. The van der Waals surface area contributed by atoms with Gasteiger partial charge in [0.1, 0.15) is 11.5 Å². The maximum absolute atomic E-state index is 13.7. The van der Waals surface area contributed by atoms with Crippen LogP contribution in [0.3, 0.4) is 0 Å². The van der Waals surface area contributed by atoms with Gasteiger partial charge in [0, 0.05) is 22.6 Å². The maximum Gasteiger partial charge on any atom is 0.210 e. The molecule has 0 saturated heterocycles. The Morgan fingerprint density at radius 2 is 2.04 bits per heavy atom. The van der Waals surface area contributed by atoms with E-state index in [0.717, 1.165) is 20.2 Å². The van der Waals surface area contributed by atoms with Crippen LogP contribution in [0.4, 0.5) is 15.2 Å². The van der Waals surface area contributed by atoms with E-state index in [-0.39, 0.29) is 5.82 Å². The molecule has 0 atom stereocenters. The largest absolute Gasteiger partial charge is 0.328 e. The van der Waals surface area contributed by atoms with Crippen molar-refractivity contribution in [1.82, 2.24) is 19.6 Å². The summed E-state index contributed by atoms with van der Waals surface area (Å²) in [5.74, 6) is 0.371. The monoisotopic (exact) mass is 435 g/mol. The summed E-state index contributed by atoms with van der Waals surface area (Å²) in [6, 6.07) is 10.4. The van der Waals surface area contributed by atoms with Gasteiger partial charge in [0.15, 0.2) is 4.34 Å². The summed E-state index contributed by atoms with van der Waals surface area (Å²) in [7, 11) is 0. The Kier molecular flexibility index (Phi) is 4.69. The molecule has 4 aromatic rings. The third-order valence-corrected chi connectivity index (χ3v) is 5.80. The minimum absolute atomic E-state index is 0.317. The lowest BCUT2D eigenvalue weighted by Gasteiger charge is -2.01. The minimum Gasteiger partial charge on any atom is -0.328 e. The van der Waals surface area contributed by atoms with Crippen LogP contribution in [0.1, 0.15) is 5.69 Å². The highest BCUT2D eigenvalue weighted by Crippen LogP contribution is 2.30. The number of anilines is 2. The van der Waals surface area contributed by atoms with Crippen molar-refractivity contribution in [3.05, 3.63) is 64.8 Å². The molecule has 0 unspecified atom stereocenters. The average Bonchev–Trinajstić information content (AvgIpc) is 3.21. The highest BCUT2D eigenvalue weighted by atomic mass is 79.9. The molecule has 126 valence electrons. The van der Waals surface area contributed by atoms with Crippen molar-refractivity contribution in [2.45, 2.75) is 10.1 Å². The molecule has 4 rings (SSSR count). The number of imidazole rings is 1. The average molecular weight is 436 g/mol. The molecule has 0 bridgehead atoms. The number of thioether (sulfide) groups is 1. The summed E-state index contributed by atoms with van der Waals surface area (Å²) in [6.07, 6.45) is 3.96. The third-order valence-electron chi connectivity index (χ3n) is 3.33. The summed E-state index contributed by atoms with van der Waals surface area (Å²) < 4.78 is 17.4. The lowest BCUT2D eigenvalue weighted by Crippen LogP contribution is -1.92. The standard InChI is InChI=1S/C16H11BrFN5S2/c17-10-5-6-14-19-11(8-23(14)7-10)9-24-16-22-21-15(25-16)20-13-4-2-1-3-12(13)18/h1-8H,9H2,(H,20,21). The van der Waals surface area contributed by atoms with E-state index in [9.17, 15) is 4.39 Å². The molecule has 9 heteroatoms. The van der Waals surface area contributed by atoms with Gasteiger partial charge < -0.3 is 9.72 Å². The summed E-state index contributed by atoms with van der Waals surface area (Å²) in [5.41, 5.74) is 2.25. The fourth-order valence-electron chi connectivity index (χ4n) is 2.22. The number of aromatic nitrogens is 4. The zero-order valence-electron chi connectivity index (χ0n) is 12.7. The first-order valence-corrected chi connectivity index (χ1v) is 9.88. The molecule has 0 aliphatic heterocycles. The van der Waals surface area contributed by atoms with Gasteiger partial charge in [-0.15, -0.1) is 10.2 Å². The van der Waals surface area contributed by atoms with Crippen molar-refractivity contribution in [1.29, 1.82) is 0 Å². The number of halogens is 2. The molecular weight excluding hydrogens is 425 g/mol. The zero-order chi connectivity index (χ0) is 17.2. The van der Waals surface area contributed by atoms with Gasteiger partial charge in [0.05, 0.1) is 11.4 Å². The molecule has 0 amide bonds. The summed E-state index contributed by atoms with van der Waals surface area (Å²) in [4.78, 5) is 4.57. The van der Waals surface area contributed by atoms with Gasteiger partial charge in [0.2, 0.25) is 5.13 Å². The summed E-state index contributed by atoms with van der Waals surface area (Å²) in [5, 5.41) is 11.7. The Labute approximate surface area is 159 Å². The molecule has 0 fully saturated rings. The summed E-state index contributed by atoms with van der Waals surface area (Å²) >= 11 is 6.39. The number of hydrogen-bond acceptors (Lipinski definition) is 6. The van der Waals surface area contributed by atoms with Crippen LogP contribution in [0.2, 0.25) is 0 Å². The van der Waals surface area contributed by atoms with Crippen LogP contribution in [0.5, 0.6) is 0 Å². The molecule has 5 nitrogen and oxygen atoms in total. The van der Waals surface area contributed by atoms with E-state index in [0.29, 0.717) is 16.6 Å². The number of hydrogen-bond donors (Lipinski definition) is 1. The Morgan fingerprint density at radius 1 is 1.16 bits per heavy atom. The third kappa shape index (κ3) is 3.83. The number of nitrogens with zero attached hydrogens (tertiary/aromatic N) is 4. The molecule has 0 spiro atoms. The molecule has 0 aliphatic carbocycles. The lowest BCUT2D eigenvalue weighted by molar-refractivity contribution is 0.632. The number of rotatable bonds is 5. The molecule has 1 aromatic carbocycles. The fourth-order valence-corrected chi connectivity index (χ4v) is 4.22. The van der Waals surface area contributed by atoms with Crippen LogP contribution >= 0.6 is 39.0 Å². The molecule has 25 heavy (non-hydrogen) atoms. The number of pyridine rings is 1. The van der Waals surface area contributed by atoms with E-state index in [4.69, 9.17) is 0 Å². The highest BCUT2D eigenvalue weighted by Gasteiger charge is 2.09. The predicted molar refractivity (Wildman–Crippen MR) is 102 cm³/mol. The van der Waals surface area contributed by atoms with Gasteiger partial charge in [-0.2, -0.15) is 0 Å². The van der Waals surface area contributed by atoms with Gasteiger partial charge in [-0.25, -0.2) is 9.37 Å². The first-order chi connectivity index (χ1) is 12.2. The van der Waals surface area contributed by atoms with Gasteiger partial charge in [-0.05, 0) is 40.2 Å². The quantitative estimate of drug-likeness (QED) is 0.440. The molecule has 0 radical (unpaired) electrons. The molecule has 3 heterocycles. The van der Waals surface area contributed by atoms with Gasteiger partial charge in [0.25, 0.3) is 0 Å². The van der Waals surface area contributed by atoms with Crippen LogP contribution in [-0.4, -0.2) is 19.6 Å². The molecule has 3 aromatic heterocycles. The molecule has 0 aliphatic rings. The summed E-state index contributed by atoms with van der Waals surface area (Å²) in [6.45, 7) is 0. The predicted octanol–water partition coefficient (Wildman–Crippen LogP) is 5.12. The van der Waals surface area contributed by atoms with Crippen LogP contribution < -0.4 is 5.32 Å². The lowest BCUT2D eigenvalue weighted by atomic mass is 10.3. The second-order valence-electron chi connectivity index (χ2n) is 5.11. The van der Waals surface area contributed by atoms with E-state index in [1.54, 1.807) is 30.0 Å². The Balaban J connectivity index is 1.43. The van der Waals surface area contributed by atoms with E-state index in [1.807, 2.05) is 28.9 Å². The van der Waals surface area contributed by atoms with Crippen LogP contribution in [0.15, 0.2) is 57.6 Å². The smallest absolute Gasteiger partial charge is 0.210 e. The second kappa shape index (κ2) is 7.11. The maximum atomic E-state index is 13.7. The minimum atomic E-state index is -0.317. The Hall–Kier alpha value is -1.97. The first-order valence-electron chi connectivity index (χ1n) is 7.28. The second-order valence-corrected chi connectivity index (χ2v) is 8.23. The van der Waals surface area contributed by atoms with Crippen LogP contribution in [-0.2, 0) is 5.75 Å².